The van der Waals surface area contributed by atoms with Gasteiger partial charge in [0.2, 0.25) is 5.91 Å². The van der Waals surface area contributed by atoms with E-state index in [0.29, 0.717) is 18.7 Å². The second-order valence-corrected chi connectivity index (χ2v) is 4.65. The molecule has 0 aliphatic heterocycles. The van der Waals surface area contributed by atoms with Crippen molar-refractivity contribution < 1.29 is 13.9 Å². The molecule has 0 saturated carbocycles. The molecule has 0 saturated heterocycles. The normalized spacial score (nSPS) is 13.7. The minimum atomic E-state index is -0.644. The van der Waals surface area contributed by atoms with E-state index in [9.17, 15) is 9.18 Å². The molecule has 106 valence electrons. The van der Waals surface area contributed by atoms with Gasteiger partial charge in [-0.15, -0.1) is 0 Å². The van der Waals surface area contributed by atoms with E-state index in [4.69, 9.17) is 10.5 Å². The van der Waals surface area contributed by atoms with Gasteiger partial charge in [0.15, 0.2) is 11.6 Å². The fourth-order valence-corrected chi connectivity index (χ4v) is 1.53. The first kappa shape index (κ1) is 15.4. The van der Waals surface area contributed by atoms with Crippen molar-refractivity contribution in [1.29, 1.82) is 0 Å². The molecule has 0 heterocycles. The van der Waals surface area contributed by atoms with Gasteiger partial charge in [-0.2, -0.15) is 0 Å². The van der Waals surface area contributed by atoms with E-state index >= 15 is 0 Å². The highest BCUT2D eigenvalue weighted by atomic mass is 19.1. The van der Waals surface area contributed by atoms with Crippen molar-refractivity contribution in [3.63, 3.8) is 0 Å². The van der Waals surface area contributed by atoms with Gasteiger partial charge in [0.05, 0.1) is 12.0 Å². The summed E-state index contributed by atoms with van der Waals surface area (Å²) >= 11 is 0. The van der Waals surface area contributed by atoms with Gasteiger partial charge >= 0.3 is 0 Å². The summed E-state index contributed by atoms with van der Waals surface area (Å²) in [5, 5.41) is 2.68. The van der Waals surface area contributed by atoms with Gasteiger partial charge in [0, 0.05) is 18.3 Å². The van der Waals surface area contributed by atoms with Gasteiger partial charge in [-0.1, -0.05) is 6.92 Å². The lowest BCUT2D eigenvalue weighted by molar-refractivity contribution is -0.124. The van der Waals surface area contributed by atoms with Crippen LogP contribution in [0, 0.1) is 11.2 Å². The van der Waals surface area contributed by atoms with Gasteiger partial charge < -0.3 is 15.8 Å². The molecule has 1 unspecified atom stereocenters. The van der Waals surface area contributed by atoms with E-state index in [2.05, 4.69) is 5.32 Å². The van der Waals surface area contributed by atoms with Gasteiger partial charge in [0.1, 0.15) is 0 Å². The molecule has 1 aromatic carbocycles. The number of carbonyl (C=O) groups is 1. The summed E-state index contributed by atoms with van der Waals surface area (Å²) in [5.41, 5.74) is 5.37. The molecule has 1 amide bonds. The Morgan fingerprint density at radius 1 is 1.47 bits per heavy atom. The number of nitrogens with one attached hydrogen (secondary N) is 1. The standard InChI is InChI=1S/C14H21FN2O2/c1-4-14(3,9-16)13(18)17-10-6-7-12(19-5-2)11(15)8-10/h6-8H,4-5,9,16H2,1-3H3,(H,17,18). The molecule has 1 atom stereocenters. The number of carbonyl (C=O) groups excluding carboxylic acids is 1. The number of ether oxygens (including phenoxy) is 1. The topological polar surface area (TPSA) is 64.3 Å². The average Bonchev–Trinajstić information content (AvgIpc) is 2.41. The highest BCUT2D eigenvalue weighted by Crippen LogP contribution is 2.25. The Labute approximate surface area is 113 Å². The van der Waals surface area contributed by atoms with Crippen LogP contribution in [0.1, 0.15) is 27.2 Å². The zero-order valence-corrected chi connectivity index (χ0v) is 11.6. The molecule has 0 bridgehead atoms. The lowest BCUT2D eigenvalue weighted by atomic mass is 9.86. The minimum Gasteiger partial charge on any atom is -0.491 e. The summed E-state index contributed by atoms with van der Waals surface area (Å²) in [7, 11) is 0. The molecule has 0 aliphatic rings. The van der Waals surface area contributed by atoms with Crippen LogP contribution in [-0.2, 0) is 4.79 Å². The second-order valence-electron chi connectivity index (χ2n) is 4.65. The summed E-state index contributed by atoms with van der Waals surface area (Å²) < 4.78 is 18.7. The molecule has 0 radical (unpaired) electrons. The molecule has 4 nitrogen and oxygen atoms in total. The van der Waals surface area contributed by atoms with Crippen molar-refractivity contribution in [3.05, 3.63) is 24.0 Å². The molecule has 1 rings (SSSR count). The van der Waals surface area contributed by atoms with E-state index in [0.717, 1.165) is 0 Å². The number of hydrogen-bond donors (Lipinski definition) is 2. The first-order valence-electron chi connectivity index (χ1n) is 6.40. The van der Waals surface area contributed by atoms with E-state index in [1.165, 1.54) is 12.1 Å². The Kier molecular flexibility index (Phi) is 5.30. The fourth-order valence-electron chi connectivity index (χ4n) is 1.53. The summed E-state index contributed by atoms with van der Waals surface area (Å²) in [6, 6.07) is 4.36. The summed E-state index contributed by atoms with van der Waals surface area (Å²) in [4.78, 5) is 12.1. The van der Waals surface area contributed by atoms with Crippen LogP contribution in [0.2, 0.25) is 0 Å². The number of rotatable bonds is 6. The zero-order chi connectivity index (χ0) is 14.5. The van der Waals surface area contributed by atoms with Crippen molar-refractivity contribution in [1.82, 2.24) is 0 Å². The third-order valence-corrected chi connectivity index (χ3v) is 3.27. The quantitative estimate of drug-likeness (QED) is 0.833. The van der Waals surface area contributed by atoms with Crippen molar-refractivity contribution in [2.24, 2.45) is 11.1 Å². The maximum atomic E-state index is 13.6. The van der Waals surface area contributed by atoms with Gasteiger partial charge in [0.25, 0.3) is 0 Å². The summed E-state index contributed by atoms with van der Waals surface area (Å²) in [5.74, 6) is -0.524. The van der Waals surface area contributed by atoms with E-state index in [-0.39, 0.29) is 18.2 Å². The Morgan fingerprint density at radius 3 is 2.63 bits per heavy atom. The van der Waals surface area contributed by atoms with Gasteiger partial charge in [-0.25, -0.2) is 4.39 Å². The van der Waals surface area contributed by atoms with Crippen LogP contribution in [0.3, 0.4) is 0 Å². The molecule has 3 N–H and O–H groups in total. The first-order valence-corrected chi connectivity index (χ1v) is 6.40. The molecule has 0 aliphatic carbocycles. The lowest BCUT2D eigenvalue weighted by Gasteiger charge is -2.25. The third-order valence-electron chi connectivity index (χ3n) is 3.27. The second kappa shape index (κ2) is 6.52. The third kappa shape index (κ3) is 3.67. The predicted molar refractivity (Wildman–Crippen MR) is 73.7 cm³/mol. The molecule has 0 fully saturated rings. The molecular weight excluding hydrogens is 247 g/mol. The molecule has 1 aromatic rings. The number of hydrogen-bond acceptors (Lipinski definition) is 3. The van der Waals surface area contributed by atoms with E-state index in [1.54, 1.807) is 19.9 Å². The Hall–Kier alpha value is -1.62. The van der Waals surface area contributed by atoms with E-state index in [1.807, 2.05) is 6.92 Å². The van der Waals surface area contributed by atoms with Crippen LogP contribution < -0.4 is 15.8 Å². The Bertz CT molecular complexity index is 445. The fraction of sp³-hybridized carbons (Fsp3) is 0.500. The number of anilines is 1. The SMILES string of the molecule is CCOc1ccc(NC(=O)C(C)(CC)CN)cc1F. The largest absolute Gasteiger partial charge is 0.491 e. The monoisotopic (exact) mass is 268 g/mol. The van der Waals surface area contributed by atoms with Crippen LogP contribution in [0.15, 0.2) is 18.2 Å². The number of nitrogens with two attached hydrogens (primary N) is 1. The first-order chi connectivity index (χ1) is 8.96. The van der Waals surface area contributed by atoms with Crippen molar-refractivity contribution >= 4 is 11.6 Å². The zero-order valence-electron chi connectivity index (χ0n) is 11.6. The van der Waals surface area contributed by atoms with Crippen LogP contribution in [0.5, 0.6) is 5.75 Å². The number of benzene rings is 1. The smallest absolute Gasteiger partial charge is 0.231 e. The highest BCUT2D eigenvalue weighted by Gasteiger charge is 2.29. The van der Waals surface area contributed by atoms with Crippen LogP contribution >= 0.6 is 0 Å². The maximum Gasteiger partial charge on any atom is 0.231 e. The predicted octanol–water partition coefficient (Wildman–Crippen LogP) is 2.54. The highest BCUT2D eigenvalue weighted by molar-refractivity contribution is 5.95. The van der Waals surface area contributed by atoms with Crippen molar-refractivity contribution in [2.75, 3.05) is 18.5 Å². The minimum absolute atomic E-state index is 0.178. The molecule has 19 heavy (non-hydrogen) atoms. The Morgan fingerprint density at radius 2 is 2.16 bits per heavy atom. The summed E-state index contributed by atoms with van der Waals surface area (Å²) in [6.45, 7) is 6.10. The van der Waals surface area contributed by atoms with Crippen LogP contribution in [-0.4, -0.2) is 19.1 Å². The van der Waals surface area contributed by atoms with Crippen LogP contribution in [0.25, 0.3) is 0 Å². The number of halogens is 1. The van der Waals surface area contributed by atoms with E-state index < -0.39 is 11.2 Å². The molecule has 0 aromatic heterocycles. The lowest BCUT2D eigenvalue weighted by Crippen LogP contribution is -2.39. The summed E-state index contributed by atoms with van der Waals surface area (Å²) in [6.07, 6.45) is 0.620. The van der Waals surface area contributed by atoms with Gasteiger partial charge in [-0.05, 0) is 32.4 Å². The average molecular weight is 268 g/mol. The maximum absolute atomic E-state index is 13.6. The van der Waals surface area contributed by atoms with Crippen molar-refractivity contribution in [3.8, 4) is 5.75 Å². The van der Waals surface area contributed by atoms with Crippen LogP contribution in [0.4, 0.5) is 10.1 Å². The molecular formula is C14H21FN2O2. The molecule has 5 heteroatoms. The van der Waals surface area contributed by atoms with Crippen molar-refractivity contribution in [2.45, 2.75) is 27.2 Å². The Balaban J connectivity index is 2.83. The van der Waals surface area contributed by atoms with Gasteiger partial charge in [-0.3, -0.25) is 4.79 Å². The molecule has 0 spiro atoms. The number of amides is 1.